The first-order valence-electron chi connectivity index (χ1n) is 7.40. The minimum absolute atomic E-state index is 0.111. The van der Waals surface area contributed by atoms with Gasteiger partial charge in [-0.25, -0.2) is 4.79 Å². The fourth-order valence-electron chi connectivity index (χ4n) is 2.71. The molecule has 0 saturated carbocycles. The number of nitrogens with one attached hydrogen (secondary N) is 1. The van der Waals surface area contributed by atoms with Crippen LogP contribution in [0.3, 0.4) is 0 Å². The second kappa shape index (κ2) is 8.35. The van der Waals surface area contributed by atoms with Crippen LogP contribution >= 0.6 is 0 Å². The third-order valence-corrected chi connectivity index (χ3v) is 3.76. The van der Waals surface area contributed by atoms with Crippen LogP contribution in [-0.2, 0) is 0 Å². The van der Waals surface area contributed by atoms with E-state index >= 15 is 0 Å². The van der Waals surface area contributed by atoms with Gasteiger partial charge < -0.3 is 16.0 Å². The average molecular weight is 255 g/mol. The van der Waals surface area contributed by atoms with Crippen LogP contribution in [0.2, 0.25) is 0 Å². The topological polar surface area (TPSA) is 58.4 Å². The van der Waals surface area contributed by atoms with Crippen molar-refractivity contribution < 1.29 is 4.79 Å². The lowest BCUT2D eigenvalue weighted by molar-refractivity contribution is 0.168. The highest BCUT2D eigenvalue weighted by atomic mass is 16.2. The van der Waals surface area contributed by atoms with Crippen molar-refractivity contribution in [1.82, 2.24) is 10.2 Å². The zero-order chi connectivity index (χ0) is 13.4. The molecule has 18 heavy (non-hydrogen) atoms. The normalized spacial score (nSPS) is 21.7. The summed E-state index contributed by atoms with van der Waals surface area (Å²) in [5.74, 6) is 1.17. The van der Waals surface area contributed by atoms with Gasteiger partial charge in [0.15, 0.2) is 0 Å². The van der Waals surface area contributed by atoms with Crippen LogP contribution in [0.1, 0.15) is 46.0 Å². The van der Waals surface area contributed by atoms with Crippen LogP contribution in [-0.4, -0.2) is 37.1 Å². The average Bonchev–Trinajstić information content (AvgIpc) is 2.36. The quantitative estimate of drug-likeness (QED) is 0.764. The molecule has 1 rings (SSSR count). The molecule has 2 atom stereocenters. The van der Waals surface area contributed by atoms with E-state index in [4.69, 9.17) is 5.73 Å². The SMILES string of the molecule is CCCC(CCN)CNC(=O)N1CCCC(C)C1. The maximum atomic E-state index is 12.0. The summed E-state index contributed by atoms with van der Waals surface area (Å²) in [5, 5.41) is 3.07. The maximum Gasteiger partial charge on any atom is 0.317 e. The highest BCUT2D eigenvalue weighted by Crippen LogP contribution is 2.15. The van der Waals surface area contributed by atoms with Gasteiger partial charge in [0, 0.05) is 19.6 Å². The van der Waals surface area contributed by atoms with E-state index in [1.807, 2.05) is 4.90 Å². The molecule has 0 aromatic carbocycles. The van der Waals surface area contributed by atoms with Gasteiger partial charge >= 0.3 is 6.03 Å². The Hall–Kier alpha value is -0.770. The molecule has 0 aliphatic carbocycles. The van der Waals surface area contributed by atoms with Gasteiger partial charge in [0.25, 0.3) is 0 Å². The fraction of sp³-hybridized carbons (Fsp3) is 0.929. The number of nitrogens with zero attached hydrogens (tertiary/aromatic N) is 1. The van der Waals surface area contributed by atoms with E-state index in [1.54, 1.807) is 0 Å². The van der Waals surface area contributed by atoms with E-state index in [1.165, 1.54) is 6.42 Å². The van der Waals surface area contributed by atoms with Crippen molar-refractivity contribution in [1.29, 1.82) is 0 Å². The Morgan fingerprint density at radius 2 is 2.28 bits per heavy atom. The first-order valence-corrected chi connectivity index (χ1v) is 7.40. The van der Waals surface area contributed by atoms with Crippen molar-refractivity contribution >= 4 is 6.03 Å². The van der Waals surface area contributed by atoms with Crippen LogP contribution in [0.4, 0.5) is 4.79 Å². The van der Waals surface area contributed by atoms with Crippen molar-refractivity contribution in [2.24, 2.45) is 17.6 Å². The van der Waals surface area contributed by atoms with E-state index in [-0.39, 0.29) is 6.03 Å². The highest BCUT2D eigenvalue weighted by molar-refractivity contribution is 5.74. The van der Waals surface area contributed by atoms with Gasteiger partial charge in [0.05, 0.1) is 0 Å². The molecule has 2 amide bonds. The fourth-order valence-corrected chi connectivity index (χ4v) is 2.71. The van der Waals surface area contributed by atoms with Crippen LogP contribution in [0, 0.1) is 11.8 Å². The number of carbonyl (C=O) groups excluding carboxylic acids is 1. The Balaban J connectivity index is 2.29. The zero-order valence-electron chi connectivity index (χ0n) is 12.0. The minimum atomic E-state index is 0.111. The van der Waals surface area contributed by atoms with E-state index in [2.05, 4.69) is 19.2 Å². The lowest BCUT2D eigenvalue weighted by atomic mass is 9.99. The number of hydrogen-bond donors (Lipinski definition) is 2. The Morgan fingerprint density at radius 1 is 1.50 bits per heavy atom. The van der Waals surface area contributed by atoms with E-state index in [0.29, 0.717) is 18.4 Å². The third-order valence-electron chi connectivity index (χ3n) is 3.76. The molecule has 1 fully saturated rings. The van der Waals surface area contributed by atoms with Crippen molar-refractivity contribution in [3.63, 3.8) is 0 Å². The second-order valence-electron chi connectivity index (χ2n) is 5.61. The number of amides is 2. The van der Waals surface area contributed by atoms with Crippen molar-refractivity contribution in [3.8, 4) is 0 Å². The first kappa shape index (κ1) is 15.3. The zero-order valence-corrected chi connectivity index (χ0v) is 12.0. The maximum absolute atomic E-state index is 12.0. The van der Waals surface area contributed by atoms with E-state index < -0.39 is 0 Å². The monoisotopic (exact) mass is 255 g/mol. The predicted molar refractivity (Wildman–Crippen MR) is 75.4 cm³/mol. The molecule has 0 aromatic heterocycles. The molecule has 2 unspecified atom stereocenters. The summed E-state index contributed by atoms with van der Waals surface area (Å²) in [6, 6.07) is 0.111. The number of carbonyl (C=O) groups is 1. The summed E-state index contributed by atoms with van der Waals surface area (Å²) in [5.41, 5.74) is 5.60. The van der Waals surface area contributed by atoms with Crippen molar-refractivity contribution in [2.45, 2.75) is 46.0 Å². The molecule has 4 heteroatoms. The largest absolute Gasteiger partial charge is 0.338 e. The van der Waals surface area contributed by atoms with Gasteiger partial charge in [-0.3, -0.25) is 0 Å². The van der Waals surface area contributed by atoms with E-state index in [9.17, 15) is 4.79 Å². The number of nitrogens with two attached hydrogens (primary N) is 1. The number of rotatable bonds is 6. The standard InChI is InChI=1S/C14H29N3O/c1-3-5-13(7-8-15)10-16-14(18)17-9-4-6-12(2)11-17/h12-13H,3-11,15H2,1-2H3,(H,16,18). The highest BCUT2D eigenvalue weighted by Gasteiger charge is 2.21. The van der Waals surface area contributed by atoms with Gasteiger partial charge in [0.2, 0.25) is 0 Å². The Kier molecular flexibility index (Phi) is 7.09. The Morgan fingerprint density at radius 3 is 2.89 bits per heavy atom. The molecule has 0 radical (unpaired) electrons. The molecule has 0 spiro atoms. The van der Waals surface area contributed by atoms with Gasteiger partial charge in [0.1, 0.15) is 0 Å². The Bertz CT molecular complexity index is 239. The third kappa shape index (κ3) is 5.25. The van der Waals surface area contributed by atoms with Crippen molar-refractivity contribution in [2.75, 3.05) is 26.2 Å². The summed E-state index contributed by atoms with van der Waals surface area (Å²) in [6.07, 6.45) is 5.69. The van der Waals surface area contributed by atoms with Gasteiger partial charge in [-0.05, 0) is 44.1 Å². The van der Waals surface area contributed by atoms with Crippen LogP contribution in [0.5, 0.6) is 0 Å². The molecule has 1 aliphatic rings. The summed E-state index contributed by atoms with van der Waals surface area (Å²) < 4.78 is 0. The van der Waals surface area contributed by atoms with Crippen LogP contribution in [0.25, 0.3) is 0 Å². The molecular formula is C14H29N3O. The number of piperidine rings is 1. The molecule has 3 N–H and O–H groups in total. The molecule has 106 valence electrons. The lowest BCUT2D eigenvalue weighted by Gasteiger charge is -2.31. The smallest absolute Gasteiger partial charge is 0.317 e. The van der Waals surface area contributed by atoms with Gasteiger partial charge in [-0.2, -0.15) is 0 Å². The summed E-state index contributed by atoms with van der Waals surface area (Å²) in [7, 11) is 0. The molecule has 1 aliphatic heterocycles. The first-order chi connectivity index (χ1) is 8.67. The molecule has 1 saturated heterocycles. The van der Waals surface area contributed by atoms with Crippen LogP contribution in [0.15, 0.2) is 0 Å². The number of hydrogen-bond acceptors (Lipinski definition) is 2. The molecule has 1 heterocycles. The van der Waals surface area contributed by atoms with Gasteiger partial charge in [-0.1, -0.05) is 20.3 Å². The van der Waals surface area contributed by atoms with Crippen molar-refractivity contribution in [3.05, 3.63) is 0 Å². The van der Waals surface area contributed by atoms with Crippen LogP contribution < -0.4 is 11.1 Å². The Labute approximate surface area is 111 Å². The van der Waals surface area contributed by atoms with E-state index in [0.717, 1.165) is 45.3 Å². The molecule has 4 nitrogen and oxygen atoms in total. The number of urea groups is 1. The second-order valence-corrected chi connectivity index (χ2v) is 5.61. The number of likely N-dealkylation sites (tertiary alicyclic amines) is 1. The lowest BCUT2D eigenvalue weighted by Crippen LogP contribution is -2.46. The summed E-state index contributed by atoms with van der Waals surface area (Å²) in [6.45, 7) is 7.69. The summed E-state index contributed by atoms with van der Waals surface area (Å²) >= 11 is 0. The van der Waals surface area contributed by atoms with Gasteiger partial charge in [-0.15, -0.1) is 0 Å². The summed E-state index contributed by atoms with van der Waals surface area (Å²) in [4.78, 5) is 14.0. The molecule has 0 bridgehead atoms. The minimum Gasteiger partial charge on any atom is -0.338 e. The predicted octanol–water partition coefficient (Wildman–Crippen LogP) is 2.19. The molecule has 0 aromatic rings. The molecular weight excluding hydrogens is 226 g/mol.